The summed E-state index contributed by atoms with van der Waals surface area (Å²) in [5.74, 6) is -0.145. The Morgan fingerprint density at radius 1 is 1.17 bits per heavy atom. The molecule has 0 aliphatic carbocycles. The summed E-state index contributed by atoms with van der Waals surface area (Å²) in [7, 11) is 0. The summed E-state index contributed by atoms with van der Waals surface area (Å²) in [4.78, 5) is 10.2. The summed E-state index contributed by atoms with van der Waals surface area (Å²) >= 11 is 5.77. The molecule has 0 unspecified atom stereocenters. The smallest absolute Gasteiger partial charge is 0.545 e. The maximum atomic E-state index is 10.2. The van der Waals surface area contributed by atoms with E-state index in [-0.39, 0.29) is 29.6 Å². The maximum absolute atomic E-state index is 10.2. The van der Waals surface area contributed by atoms with E-state index in [0.717, 1.165) is 11.6 Å². The molecule has 0 aliphatic heterocycles. The fraction of sp³-hybridized carbons (Fsp3) is 0. The average molecular weight is 271 g/mol. The molecule has 0 spiro atoms. The molecule has 5 heteroatoms. The third kappa shape index (κ3) is 4.03. The normalized spacial score (nSPS) is 10.3. The fourth-order valence-corrected chi connectivity index (χ4v) is 1.49. The van der Waals surface area contributed by atoms with E-state index < -0.39 is 5.97 Å². The first-order valence-corrected chi connectivity index (χ1v) is 5.28. The summed E-state index contributed by atoms with van der Waals surface area (Å²) in [5, 5.41) is 10.9. The van der Waals surface area contributed by atoms with Gasteiger partial charge in [0.2, 0.25) is 0 Å². The summed E-state index contributed by atoms with van der Waals surface area (Å²) in [5.41, 5.74) is 0.877. The van der Waals surface area contributed by atoms with E-state index in [2.05, 4.69) is 0 Å². The number of carboxylic acids is 1. The Morgan fingerprint density at radius 3 is 2.44 bits per heavy atom. The van der Waals surface area contributed by atoms with Crippen molar-refractivity contribution in [2.75, 3.05) is 0 Å². The van der Waals surface area contributed by atoms with Crippen molar-refractivity contribution in [1.29, 1.82) is 0 Å². The quantitative estimate of drug-likeness (QED) is 0.551. The van der Waals surface area contributed by atoms with Crippen LogP contribution in [0.2, 0.25) is 5.02 Å². The number of hydrogen-bond donors (Lipinski definition) is 0. The number of hydrogen-bond acceptors (Lipinski definition) is 3. The summed E-state index contributed by atoms with van der Waals surface area (Å²) in [6.45, 7) is 0. The third-order valence-corrected chi connectivity index (χ3v) is 2.39. The average Bonchev–Trinajstić information content (AvgIpc) is 2.76. The Bertz CT molecular complexity index is 558. The van der Waals surface area contributed by atoms with Crippen molar-refractivity contribution >= 4 is 23.6 Å². The molecule has 0 bridgehead atoms. The second kappa shape index (κ2) is 6.81. The van der Waals surface area contributed by atoms with E-state index in [1.165, 1.54) is 6.08 Å². The molecular formula is C13H8ClNaO3. The van der Waals surface area contributed by atoms with Gasteiger partial charge in [-0.15, -0.1) is 0 Å². The minimum atomic E-state index is -1.26. The Labute approximate surface area is 131 Å². The van der Waals surface area contributed by atoms with Gasteiger partial charge >= 0.3 is 29.6 Å². The van der Waals surface area contributed by atoms with Crippen LogP contribution < -0.4 is 34.7 Å². The first kappa shape index (κ1) is 15.1. The molecule has 0 atom stereocenters. The second-order valence-electron chi connectivity index (χ2n) is 3.36. The van der Waals surface area contributed by atoms with Crippen LogP contribution in [0.3, 0.4) is 0 Å². The first-order valence-electron chi connectivity index (χ1n) is 4.90. The van der Waals surface area contributed by atoms with Crippen LogP contribution >= 0.6 is 11.6 Å². The summed E-state index contributed by atoms with van der Waals surface area (Å²) in [6, 6.07) is 10.6. The molecular weight excluding hydrogens is 263 g/mol. The van der Waals surface area contributed by atoms with Gasteiger partial charge in [-0.05, 0) is 48.6 Å². The fourth-order valence-electron chi connectivity index (χ4n) is 1.36. The van der Waals surface area contributed by atoms with Crippen LogP contribution in [0.15, 0.2) is 46.9 Å². The van der Waals surface area contributed by atoms with E-state index in [9.17, 15) is 9.90 Å². The predicted molar refractivity (Wildman–Crippen MR) is 63.2 cm³/mol. The van der Waals surface area contributed by atoms with Crippen LogP contribution in [0, 0.1) is 0 Å². The van der Waals surface area contributed by atoms with Gasteiger partial charge in [-0.2, -0.15) is 0 Å². The van der Waals surface area contributed by atoms with Gasteiger partial charge in [0.15, 0.2) is 0 Å². The molecule has 1 aromatic heterocycles. The van der Waals surface area contributed by atoms with E-state index in [4.69, 9.17) is 16.0 Å². The van der Waals surface area contributed by atoms with Crippen molar-refractivity contribution in [3.63, 3.8) is 0 Å². The van der Waals surface area contributed by atoms with Gasteiger partial charge in [-0.1, -0.05) is 11.6 Å². The van der Waals surface area contributed by atoms with Crippen LogP contribution in [0.1, 0.15) is 5.76 Å². The van der Waals surface area contributed by atoms with Crippen molar-refractivity contribution in [1.82, 2.24) is 0 Å². The molecule has 3 nitrogen and oxygen atoms in total. The SMILES string of the molecule is O=C([O-])/C=C/c1ccc(-c2ccc(Cl)cc2)o1.[Na+]. The van der Waals surface area contributed by atoms with Crippen molar-refractivity contribution in [3.8, 4) is 11.3 Å². The molecule has 18 heavy (non-hydrogen) atoms. The molecule has 0 aliphatic rings. The minimum absolute atomic E-state index is 0. The van der Waals surface area contributed by atoms with Crippen molar-refractivity contribution < 1.29 is 43.9 Å². The van der Waals surface area contributed by atoms with Gasteiger partial charge in [0.05, 0.1) is 5.97 Å². The number of halogens is 1. The first-order chi connectivity index (χ1) is 8.15. The summed E-state index contributed by atoms with van der Waals surface area (Å²) < 4.78 is 5.44. The molecule has 2 aromatic rings. The van der Waals surface area contributed by atoms with Crippen LogP contribution in [0.5, 0.6) is 0 Å². The number of rotatable bonds is 3. The number of carboxylic acid groups (broad SMARTS) is 1. The topological polar surface area (TPSA) is 53.3 Å². The summed E-state index contributed by atoms with van der Waals surface area (Å²) in [6.07, 6.45) is 2.26. The molecule has 0 saturated heterocycles. The van der Waals surface area contributed by atoms with E-state index in [1.54, 1.807) is 24.3 Å². The Balaban J connectivity index is 0.00000162. The van der Waals surface area contributed by atoms with Gasteiger partial charge in [0.1, 0.15) is 11.5 Å². The van der Waals surface area contributed by atoms with Crippen LogP contribution in [0.4, 0.5) is 0 Å². The molecule has 86 valence electrons. The van der Waals surface area contributed by atoms with Crippen molar-refractivity contribution in [2.45, 2.75) is 0 Å². The van der Waals surface area contributed by atoms with Crippen LogP contribution in [-0.4, -0.2) is 5.97 Å². The van der Waals surface area contributed by atoms with E-state index in [1.807, 2.05) is 12.1 Å². The minimum Gasteiger partial charge on any atom is -0.545 e. The molecule has 0 amide bonds. The van der Waals surface area contributed by atoms with Crippen LogP contribution in [0.25, 0.3) is 17.4 Å². The van der Waals surface area contributed by atoms with Gasteiger partial charge in [-0.3, -0.25) is 0 Å². The number of furan rings is 1. The largest absolute Gasteiger partial charge is 1.00 e. The number of benzene rings is 1. The maximum Gasteiger partial charge on any atom is 1.00 e. The molecule has 1 aromatic carbocycles. The van der Waals surface area contributed by atoms with E-state index >= 15 is 0 Å². The van der Waals surface area contributed by atoms with Crippen molar-refractivity contribution in [2.24, 2.45) is 0 Å². The van der Waals surface area contributed by atoms with Gasteiger partial charge in [0.25, 0.3) is 0 Å². The van der Waals surface area contributed by atoms with Crippen molar-refractivity contribution in [3.05, 3.63) is 53.3 Å². The van der Waals surface area contributed by atoms with Gasteiger partial charge in [-0.25, -0.2) is 0 Å². The molecule has 0 fully saturated rings. The zero-order valence-electron chi connectivity index (χ0n) is 9.72. The number of carbonyl (C=O) groups excluding carboxylic acids is 1. The zero-order chi connectivity index (χ0) is 12.3. The Kier molecular flexibility index (Phi) is 5.69. The third-order valence-electron chi connectivity index (χ3n) is 2.14. The van der Waals surface area contributed by atoms with Gasteiger partial charge in [0, 0.05) is 10.6 Å². The predicted octanol–water partition coefficient (Wildman–Crippen LogP) is -0.633. The van der Waals surface area contributed by atoms with Gasteiger partial charge < -0.3 is 14.3 Å². The molecule has 0 saturated carbocycles. The molecule has 1 heterocycles. The second-order valence-corrected chi connectivity index (χ2v) is 3.80. The molecule has 2 rings (SSSR count). The molecule has 0 radical (unpaired) electrons. The van der Waals surface area contributed by atoms with E-state index in [0.29, 0.717) is 16.5 Å². The number of aliphatic carboxylic acids is 1. The Morgan fingerprint density at radius 2 is 1.83 bits per heavy atom. The Hall–Kier alpha value is -1.000. The standard InChI is InChI=1S/C13H9ClO3.Na/c14-10-3-1-9(2-4-10)12-7-5-11(17-12)6-8-13(15)16;/h1-8H,(H,15,16);/q;+1/p-1/b8-6+;. The monoisotopic (exact) mass is 270 g/mol. The molecule has 0 N–H and O–H groups in total. The zero-order valence-corrected chi connectivity index (χ0v) is 12.5. The number of carbonyl (C=O) groups is 1. The van der Waals surface area contributed by atoms with Crippen LogP contribution in [-0.2, 0) is 4.79 Å².